The van der Waals surface area contributed by atoms with Crippen molar-refractivity contribution in [2.45, 2.75) is 38.8 Å². The molecular weight excluding hydrogens is 416 g/mol. The van der Waals surface area contributed by atoms with Crippen molar-refractivity contribution >= 4 is 40.5 Å². The minimum Gasteiger partial charge on any atom is -0.420 e. The molecule has 4 rings (SSSR count). The fourth-order valence-corrected chi connectivity index (χ4v) is 3.75. The molecule has 1 aliphatic rings. The molecule has 0 radical (unpaired) electrons. The zero-order valence-corrected chi connectivity index (χ0v) is 17.9. The van der Waals surface area contributed by atoms with Gasteiger partial charge in [0.15, 0.2) is 5.65 Å². The van der Waals surface area contributed by atoms with Gasteiger partial charge in [-0.1, -0.05) is 56.0 Å². The number of aromatic nitrogens is 2. The van der Waals surface area contributed by atoms with Gasteiger partial charge in [0.05, 0.1) is 0 Å². The van der Waals surface area contributed by atoms with Crippen molar-refractivity contribution in [1.29, 1.82) is 0 Å². The number of amides is 2. The van der Waals surface area contributed by atoms with Crippen LogP contribution in [0.1, 0.15) is 54.8 Å². The molecule has 7 nitrogen and oxygen atoms in total. The second kappa shape index (κ2) is 9.31. The van der Waals surface area contributed by atoms with Gasteiger partial charge < -0.3 is 10.1 Å². The Kier molecular flexibility index (Phi) is 6.32. The number of unbranched alkanes of at least 4 members (excludes halogenated alkanes) is 3. The number of pyridine rings is 2. The Morgan fingerprint density at radius 1 is 1.10 bits per heavy atom. The molecule has 0 bridgehead atoms. The molecule has 160 valence electrons. The van der Waals surface area contributed by atoms with Crippen LogP contribution < -0.4 is 10.2 Å². The topological polar surface area (TPSA) is 84.4 Å². The Hall–Kier alpha value is -3.19. The minimum atomic E-state index is -0.913. The predicted octanol–water partition coefficient (Wildman–Crippen LogP) is 5.25. The van der Waals surface area contributed by atoms with Crippen molar-refractivity contribution in [2.24, 2.45) is 0 Å². The largest absolute Gasteiger partial charge is 0.420 e. The zero-order chi connectivity index (χ0) is 21.8. The number of nitrogens with one attached hydrogen (secondary N) is 1. The Morgan fingerprint density at radius 3 is 2.74 bits per heavy atom. The summed E-state index contributed by atoms with van der Waals surface area (Å²) in [5.74, 6) is 0.0504. The van der Waals surface area contributed by atoms with Crippen LogP contribution in [-0.2, 0) is 4.74 Å². The Morgan fingerprint density at radius 2 is 1.90 bits per heavy atom. The molecule has 0 fully saturated rings. The van der Waals surface area contributed by atoms with Crippen LogP contribution in [0.15, 0.2) is 48.5 Å². The van der Waals surface area contributed by atoms with E-state index >= 15 is 0 Å². The highest BCUT2D eigenvalue weighted by Crippen LogP contribution is 2.38. The number of hydrogen-bond acceptors (Lipinski definition) is 5. The van der Waals surface area contributed by atoms with Gasteiger partial charge in [-0.2, -0.15) is 0 Å². The van der Waals surface area contributed by atoms with Crippen molar-refractivity contribution in [3.63, 3.8) is 0 Å². The first-order valence-corrected chi connectivity index (χ1v) is 10.8. The summed E-state index contributed by atoms with van der Waals surface area (Å²) in [6.07, 6.45) is 2.69. The molecule has 1 aliphatic heterocycles. The number of rotatable bonds is 7. The molecule has 3 heterocycles. The molecule has 0 saturated carbocycles. The molecule has 3 aromatic rings. The van der Waals surface area contributed by atoms with E-state index in [0.29, 0.717) is 34.3 Å². The van der Waals surface area contributed by atoms with E-state index in [1.54, 1.807) is 30.3 Å². The first-order chi connectivity index (χ1) is 15.1. The molecule has 8 heteroatoms. The van der Waals surface area contributed by atoms with Crippen molar-refractivity contribution < 1.29 is 14.3 Å². The lowest BCUT2D eigenvalue weighted by molar-refractivity contribution is 0.0831. The number of carbonyl (C=O) groups excluding carboxylic acids is 2. The lowest BCUT2D eigenvalue weighted by Crippen LogP contribution is -2.35. The Bertz CT molecular complexity index is 1120. The van der Waals surface area contributed by atoms with E-state index in [4.69, 9.17) is 16.3 Å². The average molecular weight is 439 g/mol. The minimum absolute atomic E-state index is 0.287. The third-order valence-corrected chi connectivity index (χ3v) is 5.39. The quantitative estimate of drug-likeness (QED) is 0.402. The monoisotopic (exact) mass is 438 g/mol. The van der Waals surface area contributed by atoms with E-state index in [-0.39, 0.29) is 5.91 Å². The maximum Gasteiger partial charge on any atom is 0.409 e. The molecule has 1 aromatic carbocycles. The van der Waals surface area contributed by atoms with Gasteiger partial charge in [0.25, 0.3) is 5.91 Å². The molecule has 0 spiro atoms. The third kappa shape index (κ3) is 4.46. The average Bonchev–Trinajstić information content (AvgIpc) is 3.05. The second-order valence-corrected chi connectivity index (χ2v) is 7.74. The second-order valence-electron chi connectivity index (χ2n) is 7.36. The smallest absolute Gasteiger partial charge is 0.409 e. The fourth-order valence-electron chi connectivity index (χ4n) is 3.61. The highest BCUT2D eigenvalue weighted by molar-refractivity contribution is 6.29. The third-order valence-electron chi connectivity index (χ3n) is 5.18. The van der Waals surface area contributed by atoms with Gasteiger partial charge in [0.2, 0.25) is 6.23 Å². The Labute approximate surface area is 185 Å². The normalized spacial score (nSPS) is 15.2. The Balaban J connectivity index is 1.60. The van der Waals surface area contributed by atoms with Crippen molar-refractivity contribution in [3.05, 3.63) is 64.8 Å². The summed E-state index contributed by atoms with van der Waals surface area (Å²) in [7, 11) is 0. The van der Waals surface area contributed by atoms with Gasteiger partial charge >= 0.3 is 6.09 Å². The molecule has 2 amide bonds. The number of benzene rings is 1. The summed E-state index contributed by atoms with van der Waals surface area (Å²) in [5.41, 5.74) is 1.51. The van der Waals surface area contributed by atoms with Crippen LogP contribution >= 0.6 is 11.6 Å². The molecule has 1 N–H and O–H groups in total. The van der Waals surface area contributed by atoms with E-state index < -0.39 is 12.3 Å². The van der Waals surface area contributed by atoms with Crippen LogP contribution in [0.5, 0.6) is 0 Å². The fraction of sp³-hybridized carbons (Fsp3) is 0.304. The summed E-state index contributed by atoms with van der Waals surface area (Å²) in [6, 6.07) is 14.1. The van der Waals surface area contributed by atoms with Crippen LogP contribution in [0.25, 0.3) is 11.0 Å². The summed E-state index contributed by atoms with van der Waals surface area (Å²) in [4.78, 5) is 35.7. The zero-order valence-electron chi connectivity index (χ0n) is 17.2. The van der Waals surface area contributed by atoms with E-state index in [1.165, 1.54) is 4.90 Å². The summed E-state index contributed by atoms with van der Waals surface area (Å²) in [6.45, 7) is 2.66. The van der Waals surface area contributed by atoms with Crippen LogP contribution in [0.4, 0.5) is 10.6 Å². The van der Waals surface area contributed by atoms with Gasteiger partial charge in [0.1, 0.15) is 11.0 Å². The van der Waals surface area contributed by atoms with Gasteiger partial charge in [-0.05, 0) is 36.8 Å². The van der Waals surface area contributed by atoms with Crippen molar-refractivity contribution in [3.8, 4) is 0 Å². The van der Waals surface area contributed by atoms with Gasteiger partial charge in [0, 0.05) is 23.1 Å². The maximum absolute atomic E-state index is 13.2. The number of hydrogen-bond donors (Lipinski definition) is 1. The maximum atomic E-state index is 13.2. The first-order valence-electron chi connectivity index (χ1n) is 10.4. The van der Waals surface area contributed by atoms with Gasteiger partial charge in [-0.15, -0.1) is 0 Å². The highest BCUT2D eigenvalue weighted by Gasteiger charge is 2.41. The number of nitrogens with zero attached hydrogens (tertiary/aromatic N) is 3. The van der Waals surface area contributed by atoms with Crippen LogP contribution in [0.2, 0.25) is 5.15 Å². The number of ether oxygens (including phenoxy) is 1. The summed E-state index contributed by atoms with van der Waals surface area (Å²) >= 11 is 6.00. The summed E-state index contributed by atoms with van der Waals surface area (Å²) < 4.78 is 5.69. The van der Waals surface area contributed by atoms with E-state index in [2.05, 4.69) is 22.2 Å². The molecule has 0 aliphatic carbocycles. The molecular formula is C23H23ClN4O3. The number of anilines is 1. The molecule has 1 unspecified atom stereocenters. The van der Waals surface area contributed by atoms with Crippen LogP contribution in [0, 0.1) is 0 Å². The molecule has 0 saturated heterocycles. The van der Waals surface area contributed by atoms with E-state index in [1.807, 2.05) is 18.2 Å². The molecule has 31 heavy (non-hydrogen) atoms. The number of halogens is 1. The summed E-state index contributed by atoms with van der Waals surface area (Å²) in [5, 5.41) is 3.87. The van der Waals surface area contributed by atoms with Gasteiger partial charge in [-0.3, -0.25) is 9.69 Å². The number of carbonyl (C=O) groups is 2. The lowest BCUT2D eigenvalue weighted by Gasteiger charge is -2.24. The van der Waals surface area contributed by atoms with Crippen molar-refractivity contribution in [2.75, 3.05) is 11.4 Å². The number of fused-ring (bicyclic) bond motifs is 2. The predicted molar refractivity (Wildman–Crippen MR) is 119 cm³/mol. The van der Waals surface area contributed by atoms with Crippen molar-refractivity contribution in [1.82, 2.24) is 15.3 Å². The first kappa shape index (κ1) is 21.1. The van der Waals surface area contributed by atoms with Crippen LogP contribution in [-0.4, -0.2) is 28.5 Å². The standard InChI is InChI=1S/C23H23ClN4O3/c1-2-3-4-7-14-25-23(30)31-22-17-9-6-5-8-16(17)21(29)28(22)19-13-11-15-10-12-18(24)26-20(15)27-19/h5-6,8-13,22H,2-4,7,14H2,1H3,(H,25,30). The number of alkyl carbamates (subject to hydrolysis) is 1. The van der Waals surface area contributed by atoms with E-state index in [0.717, 1.165) is 31.1 Å². The lowest BCUT2D eigenvalue weighted by atomic mass is 10.1. The highest BCUT2D eigenvalue weighted by atomic mass is 35.5. The van der Waals surface area contributed by atoms with E-state index in [9.17, 15) is 9.59 Å². The molecule has 2 aromatic heterocycles. The SMILES string of the molecule is CCCCCCNC(=O)OC1c2ccccc2C(=O)N1c1ccc2ccc(Cl)nc2n1. The van der Waals surface area contributed by atoms with Gasteiger partial charge in [-0.25, -0.2) is 14.8 Å². The van der Waals surface area contributed by atoms with Crippen LogP contribution in [0.3, 0.4) is 0 Å². The molecule has 1 atom stereocenters.